The number of hydrogen-bond donors (Lipinski definition) is 1. The van der Waals surface area contributed by atoms with Crippen molar-refractivity contribution in [2.24, 2.45) is 11.7 Å². The topological polar surface area (TPSA) is 64.9 Å². The quantitative estimate of drug-likeness (QED) is 0.890. The molecule has 4 nitrogen and oxygen atoms in total. The maximum absolute atomic E-state index is 13.8. The van der Waals surface area contributed by atoms with Crippen LogP contribution in [-0.4, -0.2) is 16.7 Å². The predicted molar refractivity (Wildman–Crippen MR) is 75.1 cm³/mol. The van der Waals surface area contributed by atoms with Crippen LogP contribution in [0.15, 0.2) is 22.7 Å². The highest BCUT2D eigenvalue weighted by Gasteiger charge is 2.14. The second-order valence-electron chi connectivity index (χ2n) is 4.71. The highest BCUT2D eigenvalue weighted by molar-refractivity contribution is 6.30. The molecule has 0 aliphatic carbocycles. The van der Waals surface area contributed by atoms with Crippen molar-refractivity contribution in [1.29, 1.82) is 0 Å². The molecule has 1 unspecified atom stereocenters. The van der Waals surface area contributed by atoms with Gasteiger partial charge in [0, 0.05) is 12.8 Å². The number of aromatic nitrogens is 2. The fraction of sp³-hybridized carbons (Fsp3) is 0.429. The molecule has 0 spiro atoms. The summed E-state index contributed by atoms with van der Waals surface area (Å²) < 4.78 is 18.9. The molecule has 0 amide bonds. The van der Waals surface area contributed by atoms with Gasteiger partial charge in [0.1, 0.15) is 5.82 Å². The van der Waals surface area contributed by atoms with Crippen LogP contribution < -0.4 is 5.73 Å². The number of benzene rings is 1. The Hall–Kier alpha value is -1.46. The third kappa shape index (κ3) is 3.55. The van der Waals surface area contributed by atoms with E-state index in [1.54, 1.807) is 12.1 Å². The van der Waals surface area contributed by atoms with Crippen LogP contribution >= 0.6 is 11.6 Å². The van der Waals surface area contributed by atoms with E-state index in [2.05, 4.69) is 17.1 Å². The standard InChI is InChI=1S/C14H17ClFN3O/c1-2-9(8-17)6-13-18-12(19-20-13)7-10-4-3-5-11(15)14(10)16/h3-5,9H,2,6-8,17H2,1H3. The van der Waals surface area contributed by atoms with Crippen molar-refractivity contribution in [2.75, 3.05) is 6.54 Å². The zero-order chi connectivity index (χ0) is 14.5. The predicted octanol–water partition coefficient (Wildman–Crippen LogP) is 2.98. The molecule has 0 aliphatic rings. The molecule has 2 aromatic rings. The molecule has 0 fully saturated rings. The van der Waals surface area contributed by atoms with Gasteiger partial charge in [-0.05, 0) is 24.1 Å². The van der Waals surface area contributed by atoms with Gasteiger partial charge in [0.2, 0.25) is 5.89 Å². The minimum Gasteiger partial charge on any atom is -0.339 e. The first kappa shape index (κ1) is 14.9. The molecule has 1 heterocycles. The number of rotatable bonds is 6. The summed E-state index contributed by atoms with van der Waals surface area (Å²) in [5, 5.41) is 3.96. The maximum Gasteiger partial charge on any atom is 0.226 e. The second kappa shape index (κ2) is 6.81. The van der Waals surface area contributed by atoms with Crippen molar-refractivity contribution in [1.82, 2.24) is 10.1 Å². The minimum absolute atomic E-state index is 0.0976. The van der Waals surface area contributed by atoms with Gasteiger partial charge in [0.05, 0.1) is 5.02 Å². The van der Waals surface area contributed by atoms with Crippen LogP contribution in [0.5, 0.6) is 0 Å². The average molecular weight is 298 g/mol. The Labute approximate surface area is 122 Å². The van der Waals surface area contributed by atoms with E-state index in [9.17, 15) is 4.39 Å². The normalized spacial score (nSPS) is 12.6. The summed E-state index contributed by atoms with van der Waals surface area (Å²) in [5.41, 5.74) is 6.10. The summed E-state index contributed by atoms with van der Waals surface area (Å²) in [6.07, 6.45) is 1.87. The van der Waals surface area contributed by atoms with Crippen LogP contribution in [0.3, 0.4) is 0 Å². The SMILES string of the molecule is CCC(CN)Cc1nc(Cc2cccc(Cl)c2F)no1. The summed E-state index contributed by atoms with van der Waals surface area (Å²) in [6, 6.07) is 4.87. The Morgan fingerprint density at radius 3 is 2.95 bits per heavy atom. The van der Waals surface area contributed by atoms with Gasteiger partial charge in [0.25, 0.3) is 0 Å². The Balaban J connectivity index is 2.08. The molecule has 1 aromatic carbocycles. The van der Waals surface area contributed by atoms with E-state index in [0.29, 0.717) is 36.2 Å². The minimum atomic E-state index is -0.436. The Morgan fingerprint density at radius 2 is 2.25 bits per heavy atom. The van der Waals surface area contributed by atoms with Crippen LogP contribution in [0, 0.1) is 11.7 Å². The summed E-state index contributed by atoms with van der Waals surface area (Å²) >= 11 is 5.74. The fourth-order valence-corrected chi connectivity index (χ4v) is 2.14. The lowest BCUT2D eigenvalue weighted by Gasteiger charge is -2.07. The average Bonchev–Trinajstić information content (AvgIpc) is 2.88. The van der Waals surface area contributed by atoms with Crippen LogP contribution in [0.1, 0.15) is 30.6 Å². The van der Waals surface area contributed by atoms with Gasteiger partial charge in [-0.2, -0.15) is 4.98 Å². The lowest BCUT2D eigenvalue weighted by molar-refractivity contribution is 0.347. The van der Waals surface area contributed by atoms with Crippen LogP contribution in [0.4, 0.5) is 4.39 Å². The van der Waals surface area contributed by atoms with Gasteiger partial charge in [-0.3, -0.25) is 0 Å². The van der Waals surface area contributed by atoms with Gasteiger partial charge < -0.3 is 10.3 Å². The number of hydrogen-bond acceptors (Lipinski definition) is 4. The van der Waals surface area contributed by atoms with Crippen molar-refractivity contribution < 1.29 is 8.91 Å². The molecule has 2 rings (SSSR count). The van der Waals surface area contributed by atoms with E-state index in [1.807, 2.05) is 0 Å². The third-order valence-corrected chi connectivity index (χ3v) is 3.56. The lowest BCUT2D eigenvalue weighted by Crippen LogP contribution is -2.16. The maximum atomic E-state index is 13.8. The molecule has 20 heavy (non-hydrogen) atoms. The van der Waals surface area contributed by atoms with E-state index in [1.165, 1.54) is 6.07 Å². The Kier molecular flexibility index (Phi) is 5.09. The van der Waals surface area contributed by atoms with Crippen molar-refractivity contribution in [3.05, 3.63) is 46.3 Å². The van der Waals surface area contributed by atoms with Crippen LogP contribution in [0.25, 0.3) is 0 Å². The molecule has 1 aromatic heterocycles. The van der Waals surface area contributed by atoms with E-state index in [4.69, 9.17) is 21.9 Å². The fourth-order valence-electron chi connectivity index (χ4n) is 1.94. The Morgan fingerprint density at radius 1 is 1.45 bits per heavy atom. The van der Waals surface area contributed by atoms with E-state index in [-0.39, 0.29) is 11.4 Å². The first-order valence-corrected chi connectivity index (χ1v) is 6.96. The molecule has 2 N–H and O–H groups in total. The van der Waals surface area contributed by atoms with Crippen LogP contribution in [-0.2, 0) is 12.8 Å². The second-order valence-corrected chi connectivity index (χ2v) is 5.12. The molecule has 0 radical (unpaired) electrons. The van der Waals surface area contributed by atoms with Crippen LogP contribution in [0.2, 0.25) is 5.02 Å². The number of halogens is 2. The molecular weight excluding hydrogens is 281 g/mol. The van der Waals surface area contributed by atoms with Gasteiger partial charge >= 0.3 is 0 Å². The summed E-state index contributed by atoms with van der Waals surface area (Å²) in [7, 11) is 0. The van der Waals surface area contributed by atoms with Gasteiger partial charge in [0.15, 0.2) is 5.82 Å². The van der Waals surface area contributed by atoms with Crippen molar-refractivity contribution >= 4 is 11.6 Å². The molecule has 1 atom stereocenters. The third-order valence-electron chi connectivity index (χ3n) is 3.26. The molecular formula is C14H17ClFN3O. The molecule has 0 saturated heterocycles. The van der Waals surface area contributed by atoms with E-state index < -0.39 is 5.82 Å². The monoisotopic (exact) mass is 297 g/mol. The first-order valence-electron chi connectivity index (χ1n) is 6.58. The van der Waals surface area contributed by atoms with E-state index >= 15 is 0 Å². The number of nitrogens with zero attached hydrogens (tertiary/aromatic N) is 2. The summed E-state index contributed by atoms with van der Waals surface area (Å²) in [5.74, 6) is 0.882. The highest BCUT2D eigenvalue weighted by Crippen LogP contribution is 2.20. The Bertz CT molecular complexity index is 569. The zero-order valence-electron chi connectivity index (χ0n) is 11.3. The summed E-state index contributed by atoms with van der Waals surface area (Å²) in [4.78, 5) is 4.27. The number of nitrogens with two attached hydrogens (primary N) is 1. The van der Waals surface area contributed by atoms with E-state index in [0.717, 1.165) is 6.42 Å². The summed E-state index contributed by atoms with van der Waals surface area (Å²) in [6.45, 7) is 2.65. The smallest absolute Gasteiger partial charge is 0.226 e. The molecule has 6 heteroatoms. The first-order chi connectivity index (χ1) is 9.63. The highest BCUT2D eigenvalue weighted by atomic mass is 35.5. The van der Waals surface area contributed by atoms with Crippen molar-refractivity contribution in [2.45, 2.75) is 26.2 Å². The lowest BCUT2D eigenvalue weighted by atomic mass is 10.0. The zero-order valence-corrected chi connectivity index (χ0v) is 12.0. The molecule has 0 aliphatic heterocycles. The molecule has 0 saturated carbocycles. The van der Waals surface area contributed by atoms with Gasteiger partial charge in [-0.25, -0.2) is 4.39 Å². The largest absolute Gasteiger partial charge is 0.339 e. The van der Waals surface area contributed by atoms with Crippen molar-refractivity contribution in [3.8, 4) is 0 Å². The van der Waals surface area contributed by atoms with Crippen molar-refractivity contribution in [3.63, 3.8) is 0 Å². The molecule has 0 bridgehead atoms. The van der Waals surface area contributed by atoms with Gasteiger partial charge in [-0.1, -0.05) is 42.2 Å². The molecule has 108 valence electrons. The van der Waals surface area contributed by atoms with Gasteiger partial charge in [-0.15, -0.1) is 0 Å².